The normalized spacial score (nSPS) is 13.9. The van der Waals surface area contributed by atoms with E-state index in [4.69, 9.17) is 9.05 Å². The average molecular weight is 483 g/mol. The zero-order valence-corrected chi connectivity index (χ0v) is 23.3. The summed E-state index contributed by atoms with van der Waals surface area (Å²) in [5, 5.41) is 10.4. The minimum Gasteiger partial charge on any atom is -0.508 e. The molecule has 0 aliphatic heterocycles. The van der Waals surface area contributed by atoms with Crippen LogP contribution in [-0.2, 0) is 25.6 Å². The molecule has 0 aliphatic carbocycles. The second-order valence-corrected chi connectivity index (χ2v) is 12.7. The zero-order valence-electron chi connectivity index (χ0n) is 22.4. The van der Waals surface area contributed by atoms with Crippen molar-refractivity contribution in [2.24, 2.45) is 0 Å². The molecule has 1 N–H and O–H groups in total. The quantitative estimate of drug-likeness (QED) is 0.167. The molecule has 0 saturated heterocycles. The first-order chi connectivity index (χ1) is 15.6. The molecule has 1 aromatic rings. The van der Waals surface area contributed by atoms with Gasteiger partial charge in [0.2, 0.25) is 0 Å². The van der Waals surface area contributed by atoms with Gasteiger partial charge in [0.1, 0.15) is 5.75 Å². The van der Waals surface area contributed by atoms with Crippen molar-refractivity contribution in [3.63, 3.8) is 0 Å². The smallest absolute Gasteiger partial charge is 0.331 e. The molecule has 0 spiro atoms. The molecule has 5 heteroatoms. The van der Waals surface area contributed by atoms with E-state index in [1.807, 2.05) is 13.0 Å². The largest absolute Gasteiger partial charge is 0.508 e. The van der Waals surface area contributed by atoms with E-state index in [1.54, 1.807) is 6.07 Å². The second-order valence-electron chi connectivity index (χ2n) is 10.5. The predicted molar refractivity (Wildman–Crippen MR) is 142 cm³/mol. The molecule has 0 bridgehead atoms. The zero-order chi connectivity index (χ0) is 24.7. The Kier molecular flexibility index (Phi) is 14.6. The molecule has 1 rings (SSSR count). The monoisotopic (exact) mass is 482 g/mol. The molecular formula is C28H51O4P. The van der Waals surface area contributed by atoms with Gasteiger partial charge in [0.05, 0.1) is 19.4 Å². The molecule has 1 aromatic carbocycles. The van der Waals surface area contributed by atoms with Crippen LogP contribution in [0, 0.1) is 6.92 Å². The van der Waals surface area contributed by atoms with Gasteiger partial charge in [0.25, 0.3) is 0 Å². The van der Waals surface area contributed by atoms with Gasteiger partial charge in [-0.2, -0.15) is 0 Å². The topological polar surface area (TPSA) is 55.8 Å². The lowest BCUT2D eigenvalue weighted by Gasteiger charge is -2.23. The summed E-state index contributed by atoms with van der Waals surface area (Å²) in [6.07, 6.45) is 14.4. The fourth-order valence-corrected chi connectivity index (χ4v) is 5.69. The van der Waals surface area contributed by atoms with Crippen molar-refractivity contribution in [2.45, 2.75) is 131 Å². The van der Waals surface area contributed by atoms with E-state index < -0.39 is 7.60 Å². The Bertz CT molecular complexity index is 709. The molecule has 1 unspecified atom stereocenters. The van der Waals surface area contributed by atoms with E-state index in [0.29, 0.717) is 18.5 Å². The summed E-state index contributed by atoms with van der Waals surface area (Å²) in [6, 6.07) is 3.78. The molecule has 0 fully saturated rings. The Morgan fingerprint density at radius 1 is 0.818 bits per heavy atom. The van der Waals surface area contributed by atoms with Gasteiger partial charge >= 0.3 is 7.60 Å². The maximum Gasteiger partial charge on any atom is 0.331 e. The number of phenols is 1. The van der Waals surface area contributed by atoms with E-state index in [1.165, 1.54) is 51.4 Å². The summed E-state index contributed by atoms with van der Waals surface area (Å²) in [7, 11) is -3.15. The first-order valence-corrected chi connectivity index (χ1v) is 15.1. The Morgan fingerprint density at radius 3 is 1.94 bits per heavy atom. The van der Waals surface area contributed by atoms with E-state index in [9.17, 15) is 9.67 Å². The molecule has 0 aromatic heterocycles. The summed E-state index contributed by atoms with van der Waals surface area (Å²) >= 11 is 0. The highest BCUT2D eigenvalue weighted by Crippen LogP contribution is 2.50. The maximum absolute atomic E-state index is 13.6. The van der Waals surface area contributed by atoms with Crippen molar-refractivity contribution in [1.29, 1.82) is 0 Å². The third-order valence-corrected chi connectivity index (χ3v) is 8.21. The summed E-state index contributed by atoms with van der Waals surface area (Å²) < 4.78 is 25.5. The highest BCUT2D eigenvalue weighted by atomic mass is 31.2. The molecular weight excluding hydrogens is 431 g/mol. The number of phenolic OH excluding ortho intramolecular Hbond substituents is 1. The third-order valence-electron chi connectivity index (χ3n) is 6.25. The van der Waals surface area contributed by atoms with Crippen LogP contribution in [0.5, 0.6) is 5.75 Å². The number of unbranched alkanes of at least 4 members (excludes halogenated alkanes) is 10. The summed E-state index contributed by atoms with van der Waals surface area (Å²) in [4.78, 5) is 0. The van der Waals surface area contributed by atoms with Gasteiger partial charge in [0.15, 0.2) is 0 Å². The van der Waals surface area contributed by atoms with Gasteiger partial charge in [0, 0.05) is 0 Å². The minimum absolute atomic E-state index is 0.178. The fraction of sp³-hybridized carbons (Fsp3) is 0.786. The van der Waals surface area contributed by atoms with Gasteiger partial charge in [-0.15, -0.1) is 0 Å². The lowest BCUT2D eigenvalue weighted by molar-refractivity contribution is 0.193. The van der Waals surface area contributed by atoms with E-state index in [2.05, 4.69) is 34.6 Å². The first kappa shape index (κ1) is 30.2. The standard InChI is InChI=1S/C28H51O4P/c1-7-9-11-13-15-17-19-31-33(30,20-18-16-14-12-10-8-2)32-23-25-22-26(28(4,5)6)27(29)21-24(25)3/h21-22,29H,7-20,23H2,1-6H3. The average Bonchev–Trinajstić information content (AvgIpc) is 2.74. The van der Waals surface area contributed by atoms with Gasteiger partial charge in [-0.3, -0.25) is 4.57 Å². The number of hydrogen-bond acceptors (Lipinski definition) is 4. The van der Waals surface area contributed by atoms with Crippen molar-refractivity contribution in [3.05, 3.63) is 28.8 Å². The van der Waals surface area contributed by atoms with Crippen molar-refractivity contribution in [1.82, 2.24) is 0 Å². The molecule has 0 amide bonds. The number of aryl methyl sites for hydroxylation is 1. The Labute approximate surface area is 204 Å². The fourth-order valence-electron chi connectivity index (χ4n) is 4.00. The van der Waals surface area contributed by atoms with Crippen molar-refractivity contribution >= 4 is 7.60 Å². The van der Waals surface area contributed by atoms with Gasteiger partial charge in [-0.1, -0.05) is 98.8 Å². The molecule has 0 aliphatic rings. The number of hydrogen-bond donors (Lipinski definition) is 1. The van der Waals surface area contributed by atoms with Crippen LogP contribution in [0.3, 0.4) is 0 Å². The third kappa shape index (κ3) is 12.4. The maximum atomic E-state index is 13.6. The van der Waals surface area contributed by atoms with Crippen molar-refractivity contribution in [2.75, 3.05) is 12.8 Å². The number of rotatable bonds is 18. The number of aromatic hydroxyl groups is 1. The second kappa shape index (κ2) is 16.0. The SMILES string of the molecule is CCCCCCCCOP(=O)(CCCCCCCC)OCc1cc(C(C)(C)C)c(O)cc1C. The highest BCUT2D eigenvalue weighted by Gasteiger charge is 2.26. The van der Waals surface area contributed by atoms with E-state index in [0.717, 1.165) is 42.4 Å². The van der Waals surface area contributed by atoms with Crippen molar-refractivity contribution < 1.29 is 18.7 Å². The summed E-state index contributed by atoms with van der Waals surface area (Å²) in [6.45, 7) is 13.4. The molecule has 33 heavy (non-hydrogen) atoms. The molecule has 0 radical (unpaired) electrons. The Morgan fingerprint density at radius 2 is 1.36 bits per heavy atom. The van der Waals surface area contributed by atoms with Gasteiger partial charge in [-0.25, -0.2) is 0 Å². The van der Waals surface area contributed by atoms with Crippen LogP contribution in [0.15, 0.2) is 12.1 Å². The predicted octanol–water partition coefficient (Wildman–Crippen LogP) is 9.45. The van der Waals surface area contributed by atoms with Crippen LogP contribution in [0.4, 0.5) is 0 Å². The van der Waals surface area contributed by atoms with Gasteiger partial charge in [-0.05, 0) is 54.0 Å². The van der Waals surface area contributed by atoms with Crippen LogP contribution in [0.25, 0.3) is 0 Å². The molecule has 1 atom stereocenters. The molecule has 0 heterocycles. The minimum atomic E-state index is -3.15. The summed E-state index contributed by atoms with van der Waals surface area (Å²) in [5.74, 6) is 0.304. The highest BCUT2D eigenvalue weighted by molar-refractivity contribution is 7.53. The lowest BCUT2D eigenvalue weighted by Crippen LogP contribution is -2.12. The van der Waals surface area contributed by atoms with Crippen LogP contribution >= 0.6 is 7.60 Å². The van der Waals surface area contributed by atoms with Gasteiger partial charge < -0.3 is 14.2 Å². The van der Waals surface area contributed by atoms with Crippen LogP contribution < -0.4 is 0 Å². The van der Waals surface area contributed by atoms with Crippen LogP contribution in [0.2, 0.25) is 0 Å². The Hall–Kier alpha value is -0.830. The van der Waals surface area contributed by atoms with Crippen LogP contribution in [-0.4, -0.2) is 17.9 Å². The number of benzene rings is 1. The molecule has 0 saturated carbocycles. The summed E-state index contributed by atoms with van der Waals surface area (Å²) in [5.41, 5.74) is 2.61. The van der Waals surface area contributed by atoms with E-state index in [-0.39, 0.29) is 12.0 Å². The lowest BCUT2D eigenvalue weighted by atomic mass is 9.84. The van der Waals surface area contributed by atoms with E-state index >= 15 is 0 Å². The molecule has 4 nitrogen and oxygen atoms in total. The Balaban J connectivity index is 2.73. The van der Waals surface area contributed by atoms with Crippen LogP contribution in [0.1, 0.15) is 128 Å². The molecule has 192 valence electrons. The van der Waals surface area contributed by atoms with Crippen molar-refractivity contribution in [3.8, 4) is 5.75 Å². The first-order valence-electron chi connectivity index (χ1n) is 13.3.